The van der Waals surface area contributed by atoms with Gasteiger partial charge in [-0.2, -0.15) is 0 Å². The number of hydrogen-bond acceptors (Lipinski definition) is 5. The Morgan fingerprint density at radius 1 is 1.58 bits per heavy atom. The summed E-state index contributed by atoms with van der Waals surface area (Å²) in [5, 5.41) is 8.67. The van der Waals surface area contributed by atoms with E-state index >= 15 is 0 Å². The molecule has 1 atom stereocenters. The van der Waals surface area contributed by atoms with Crippen LogP contribution in [0.1, 0.15) is 12.7 Å². The van der Waals surface area contributed by atoms with Crippen LogP contribution in [0, 0.1) is 0 Å². The number of carbonyl (C=O) groups is 1. The fourth-order valence-corrected chi connectivity index (χ4v) is 0.603. The molecule has 0 saturated heterocycles. The highest BCUT2D eigenvalue weighted by Crippen LogP contribution is 2.10. The van der Waals surface area contributed by atoms with E-state index in [1.54, 1.807) is 0 Å². The fourth-order valence-electron chi connectivity index (χ4n) is 0.603. The lowest BCUT2D eigenvalue weighted by atomic mass is 10.0. The molecule has 1 aromatic heterocycles. The molecule has 0 fully saturated rings. The fraction of sp³-hybridized carbons (Fsp3) is 0.333. The Balaban J connectivity index is 3.06. The monoisotopic (exact) mass is 168 g/mol. The lowest BCUT2D eigenvalue weighted by Crippen LogP contribution is -2.43. The van der Waals surface area contributed by atoms with E-state index in [1.165, 1.54) is 19.6 Å². The first-order chi connectivity index (χ1) is 5.55. The molecule has 0 aliphatic carbocycles. The van der Waals surface area contributed by atoms with Gasteiger partial charge in [-0.25, -0.2) is 19.7 Å². The number of carboxylic acid groups (broad SMARTS) is 1. The Bertz CT molecular complexity index is 285. The van der Waals surface area contributed by atoms with Gasteiger partial charge in [0.2, 0.25) is 0 Å². The highest BCUT2D eigenvalue weighted by molar-refractivity contribution is 5.78. The van der Waals surface area contributed by atoms with Crippen molar-refractivity contribution in [2.75, 3.05) is 0 Å². The van der Waals surface area contributed by atoms with Gasteiger partial charge in [0.1, 0.15) is 12.7 Å². The normalized spacial score (nSPS) is 15.2. The Morgan fingerprint density at radius 2 is 2.08 bits per heavy atom. The molecular weight excluding hydrogens is 160 g/mol. The van der Waals surface area contributed by atoms with E-state index in [-0.39, 0.29) is 5.82 Å². The molecule has 0 amide bonds. The Morgan fingerprint density at radius 3 is 2.50 bits per heavy atom. The average molecular weight is 168 g/mol. The van der Waals surface area contributed by atoms with E-state index in [1.807, 2.05) is 0 Å². The van der Waals surface area contributed by atoms with E-state index in [0.717, 1.165) is 0 Å². The zero-order valence-electron chi connectivity index (χ0n) is 6.43. The summed E-state index contributed by atoms with van der Waals surface area (Å²) in [5.74, 6) is -1.13. The lowest BCUT2D eigenvalue weighted by molar-refractivity contribution is -0.143. The maximum absolute atomic E-state index is 10.6. The van der Waals surface area contributed by atoms with Crippen molar-refractivity contribution in [3.8, 4) is 0 Å². The van der Waals surface area contributed by atoms with Crippen LogP contribution in [-0.4, -0.2) is 26.0 Å². The predicted molar refractivity (Wildman–Crippen MR) is 39.0 cm³/mol. The summed E-state index contributed by atoms with van der Waals surface area (Å²) in [6.45, 7) is 1.32. The van der Waals surface area contributed by atoms with Gasteiger partial charge in [-0.15, -0.1) is 0 Å². The van der Waals surface area contributed by atoms with Crippen molar-refractivity contribution < 1.29 is 9.90 Å². The smallest absolute Gasteiger partial charge is 0.331 e. The maximum atomic E-state index is 10.6. The summed E-state index contributed by atoms with van der Waals surface area (Å²) in [5.41, 5.74) is 3.88. The van der Waals surface area contributed by atoms with E-state index in [9.17, 15) is 4.79 Å². The molecule has 0 aromatic carbocycles. The summed E-state index contributed by atoms with van der Waals surface area (Å²) in [7, 11) is 0. The SMILES string of the molecule is CC(N)(C(=O)O)c1ncncn1. The number of carboxylic acids is 1. The summed E-state index contributed by atoms with van der Waals surface area (Å²) >= 11 is 0. The number of hydrogen-bond donors (Lipinski definition) is 2. The quantitative estimate of drug-likeness (QED) is 0.595. The van der Waals surface area contributed by atoms with Gasteiger partial charge in [0.15, 0.2) is 11.4 Å². The molecule has 1 unspecified atom stereocenters. The highest BCUT2D eigenvalue weighted by atomic mass is 16.4. The molecule has 1 rings (SSSR count). The van der Waals surface area contributed by atoms with Crippen molar-refractivity contribution >= 4 is 5.97 Å². The third-order valence-corrected chi connectivity index (χ3v) is 1.40. The number of nitrogens with two attached hydrogens (primary N) is 1. The van der Waals surface area contributed by atoms with Crippen molar-refractivity contribution in [1.82, 2.24) is 15.0 Å². The van der Waals surface area contributed by atoms with E-state index in [4.69, 9.17) is 10.8 Å². The number of aliphatic carboxylic acids is 1. The molecule has 6 heteroatoms. The first-order valence-electron chi connectivity index (χ1n) is 3.20. The van der Waals surface area contributed by atoms with Gasteiger partial charge in [0.25, 0.3) is 0 Å². The van der Waals surface area contributed by atoms with Gasteiger partial charge in [-0.1, -0.05) is 0 Å². The highest BCUT2D eigenvalue weighted by Gasteiger charge is 2.33. The van der Waals surface area contributed by atoms with Crippen molar-refractivity contribution in [3.63, 3.8) is 0 Å². The van der Waals surface area contributed by atoms with E-state index in [2.05, 4.69) is 15.0 Å². The molecule has 0 aliphatic heterocycles. The molecular formula is C6H8N4O2. The summed E-state index contributed by atoms with van der Waals surface area (Å²) in [6.07, 6.45) is 2.41. The van der Waals surface area contributed by atoms with Gasteiger partial charge < -0.3 is 10.8 Å². The van der Waals surface area contributed by atoms with Gasteiger partial charge >= 0.3 is 5.97 Å². The van der Waals surface area contributed by atoms with Crippen LogP contribution in [0.15, 0.2) is 12.7 Å². The van der Waals surface area contributed by atoms with Crippen LogP contribution >= 0.6 is 0 Å². The predicted octanol–water partition coefficient (Wildman–Crippen LogP) is -0.870. The van der Waals surface area contributed by atoms with Crippen LogP contribution in [0.4, 0.5) is 0 Å². The van der Waals surface area contributed by atoms with Crippen LogP contribution < -0.4 is 5.73 Å². The zero-order valence-corrected chi connectivity index (χ0v) is 6.43. The second kappa shape index (κ2) is 2.82. The van der Waals surface area contributed by atoms with Gasteiger partial charge in [-0.3, -0.25) is 0 Å². The Hall–Kier alpha value is -1.56. The summed E-state index contributed by atoms with van der Waals surface area (Å²) in [4.78, 5) is 21.4. The third-order valence-electron chi connectivity index (χ3n) is 1.40. The average Bonchev–Trinajstić information content (AvgIpc) is 2.06. The van der Waals surface area contributed by atoms with Gasteiger partial charge in [-0.05, 0) is 6.92 Å². The molecule has 0 saturated carbocycles. The van der Waals surface area contributed by atoms with Crippen LogP contribution in [0.2, 0.25) is 0 Å². The van der Waals surface area contributed by atoms with Crippen LogP contribution in [0.5, 0.6) is 0 Å². The standard InChI is InChI=1S/C6H8N4O2/c1-6(7,5(11)12)4-9-2-8-3-10-4/h2-3H,7H2,1H3,(H,11,12). The topological polar surface area (TPSA) is 102 Å². The molecule has 3 N–H and O–H groups in total. The number of aromatic nitrogens is 3. The molecule has 6 nitrogen and oxygen atoms in total. The number of rotatable bonds is 2. The first-order valence-corrected chi connectivity index (χ1v) is 3.20. The molecule has 1 aromatic rings. The summed E-state index contributed by atoms with van der Waals surface area (Å²) in [6, 6.07) is 0. The second-order valence-electron chi connectivity index (χ2n) is 2.47. The Kier molecular flexibility index (Phi) is 2.01. The Labute approximate surface area is 68.5 Å². The minimum atomic E-state index is -1.55. The molecule has 64 valence electrons. The molecule has 12 heavy (non-hydrogen) atoms. The van der Waals surface area contributed by atoms with Crippen LogP contribution in [-0.2, 0) is 10.3 Å². The van der Waals surface area contributed by atoms with Gasteiger partial charge in [0, 0.05) is 0 Å². The third kappa shape index (κ3) is 1.37. The van der Waals surface area contributed by atoms with Gasteiger partial charge in [0.05, 0.1) is 0 Å². The largest absolute Gasteiger partial charge is 0.480 e. The molecule has 1 heterocycles. The van der Waals surface area contributed by atoms with Crippen LogP contribution in [0.3, 0.4) is 0 Å². The second-order valence-corrected chi connectivity index (χ2v) is 2.47. The van der Waals surface area contributed by atoms with Crippen molar-refractivity contribution in [1.29, 1.82) is 0 Å². The summed E-state index contributed by atoms with van der Waals surface area (Å²) < 4.78 is 0. The maximum Gasteiger partial charge on any atom is 0.331 e. The van der Waals surface area contributed by atoms with Crippen LogP contribution in [0.25, 0.3) is 0 Å². The molecule has 0 spiro atoms. The van der Waals surface area contributed by atoms with E-state index in [0.29, 0.717) is 0 Å². The van der Waals surface area contributed by atoms with E-state index < -0.39 is 11.5 Å². The minimum Gasteiger partial charge on any atom is -0.480 e. The van der Waals surface area contributed by atoms with Crippen molar-refractivity contribution in [2.24, 2.45) is 5.73 Å². The first kappa shape index (κ1) is 8.54. The zero-order chi connectivity index (χ0) is 9.19. The minimum absolute atomic E-state index is 0.0463. The van der Waals surface area contributed by atoms with Crippen molar-refractivity contribution in [2.45, 2.75) is 12.5 Å². The lowest BCUT2D eigenvalue weighted by Gasteiger charge is -2.15. The molecule has 0 radical (unpaired) electrons. The number of nitrogens with zero attached hydrogens (tertiary/aromatic N) is 3. The van der Waals surface area contributed by atoms with Crippen molar-refractivity contribution in [3.05, 3.63) is 18.5 Å². The molecule has 0 aliphatic rings. The molecule has 0 bridgehead atoms.